The Morgan fingerprint density at radius 3 is 2.48 bits per heavy atom. The molecule has 5 nitrogen and oxygen atoms in total. The molecule has 132 valence electrons. The Labute approximate surface area is 163 Å². The minimum Gasteiger partial charge on any atom is -0.496 e. The number of hydrogen-bond acceptors (Lipinski definition) is 4. The number of ether oxygens (including phenoxy) is 2. The largest absolute Gasteiger partial charge is 0.496 e. The van der Waals surface area contributed by atoms with Crippen molar-refractivity contribution in [3.63, 3.8) is 0 Å². The maximum Gasteiger partial charge on any atom is 0.277 e. The van der Waals surface area contributed by atoms with Crippen molar-refractivity contribution in [3.8, 4) is 11.5 Å². The number of nitrogens with zero attached hydrogens (tertiary/aromatic N) is 1. The van der Waals surface area contributed by atoms with E-state index in [1.54, 1.807) is 13.3 Å². The van der Waals surface area contributed by atoms with Crippen LogP contribution in [0, 0.1) is 13.8 Å². The molecule has 0 radical (unpaired) electrons. The van der Waals surface area contributed by atoms with Gasteiger partial charge in [0.25, 0.3) is 5.91 Å². The lowest BCUT2D eigenvalue weighted by molar-refractivity contribution is -0.123. The predicted molar refractivity (Wildman–Crippen MR) is 106 cm³/mol. The Balaban J connectivity index is 1.90. The van der Waals surface area contributed by atoms with Gasteiger partial charge in [-0.3, -0.25) is 4.79 Å². The van der Waals surface area contributed by atoms with Gasteiger partial charge < -0.3 is 9.47 Å². The summed E-state index contributed by atoms with van der Waals surface area (Å²) in [6.45, 7) is 3.77. The van der Waals surface area contributed by atoms with Crippen LogP contribution in [-0.2, 0) is 4.79 Å². The Hall–Kier alpha value is -1.86. The van der Waals surface area contributed by atoms with Crippen molar-refractivity contribution >= 4 is 44.0 Å². The van der Waals surface area contributed by atoms with Crippen molar-refractivity contribution in [2.45, 2.75) is 13.8 Å². The maximum atomic E-state index is 11.9. The highest BCUT2D eigenvalue weighted by Crippen LogP contribution is 2.27. The first kappa shape index (κ1) is 19.5. The van der Waals surface area contributed by atoms with Gasteiger partial charge in [-0.2, -0.15) is 5.10 Å². The molecule has 0 aromatic heterocycles. The molecule has 0 spiro atoms. The number of hydrogen-bond donors (Lipinski definition) is 1. The average molecular weight is 470 g/mol. The van der Waals surface area contributed by atoms with E-state index in [0.717, 1.165) is 31.4 Å². The van der Waals surface area contributed by atoms with Crippen molar-refractivity contribution in [1.29, 1.82) is 0 Å². The molecule has 0 fully saturated rings. The molecule has 0 saturated heterocycles. The molecule has 25 heavy (non-hydrogen) atoms. The lowest BCUT2D eigenvalue weighted by Crippen LogP contribution is -2.25. The molecule has 0 saturated carbocycles. The van der Waals surface area contributed by atoms with Crippen LogP contribution in [0.15, 0.2) is 44.4 Å². The number of aryl methyl sites for hydroxylation is 2. The van der Waals surface area contributed by atoms with E-state index in [9.17, 15) is 4.79 Å². The van der Waals surface area contributed by atoms with E-state index in [0.29, 0.717) is 5.75 Å². The van der Waals surface area contributed by atoms with E-state index in [2.05, 4.69) is 42.4 Å². The first-order valence-electron chi connectivity index (χ1n) is 7.45. The number of benzene rings is 2. The number of hydrazone groups is 1. The van der Waals surface area contributed by atoms with Crippen LogP contribution in [0.5, 0.6) is 11.5 Å². The van der Waals surface area contributed by atoms with Crippen LogP contribution >= 0.6 is 31.9 Å². The minimum atomic E-state index is -0.328. The molecule has 0 unspecified atom stereocenters. The fourth-order valence-electron chi connectivity index (χ4n) is 2.24. The Morgan fingerprint density at radius 1 is 1.20 bits per heavy atom. The quantitative estimate of drug-likeness (QED) is 0.504. The average Bonchev–Trinajstić information content (AvgIpc) is 2.54. The Kier molecular flexibility index (Phi) is 7.01. The van der Waals surface area contributed by atoms with E-state index >= 15 is 0 Å². The van der Waals surface area contributed by atoms with Crippen molar-refractivity contribution in [1.82, 2.24) is 5.43 Å². The van der Waals surface area contributed by atoms with Crippen LogP contribution in [-0.4, -0.2) is 25.8 Å². The normalized spacial score (nSPS) is 10.8. The molecule has 2 aromatic carbocycles. The number of amides is 1. The summed E-state index contributed by atoms with van der Waals surface area (Å²) in [5, 5.41) is 3.94. The van der Waals surface area contributed by atoms with Gasteiger partial charge in [-0.05, 0) is 76.8 Å². The summed E-state index contributed by atoms with van der Waals surface area (Å²) >= 11 is 6.83. The molecule has 7 heteroatoms. The molecule has 0 bridgehead atoms. The smallest absolute Gasteiger partial charge is 0.277 e. The summed E-state index contributed by atoms with van der Waals surface area (Å²) in [5.74, 6) is 1.11. The van der Waals surface area contributed by atoms with Gasteiger partial charge in [0, 0.05) is 4.47 Å². The van der Waals surface area contributed by atoms with Crippen LogP contribution in [0.3, 0.4) is 0 Å². The van der Waals surface area contributed by atoms with Crippen LogP contribution in [0.25, 0.3) is 0 Å². The van der Waals surface area contributed by atoms with E-state index in [-0.39, 0.29) is 12.5 Å². The minimum absolute atomic E-state index is 0.104. The van der Waals surface area contributed by atoms with Crippen LogP contribution < -0.4 is 14.9 Å². The fourth-order valence-corrected chi connectivity index (χ4v) is 3.48. The van der Waals surface area contributed by atoms with E-state index < -0.39 is 0 Å². The highest BCUT2D eigenvalue weighted by atomic mass is 79.9. The standard InChI is InChI=1S/C18H18Br2N2O3/c1-11-6-14(19)7-12(2)18(11)25-10-17(23)22-21-9-13-4-5-16(24-3)15(20)8-13/h4-9H,10H2,1-3H3,(H,22,23)/b21-9+. The number of rotatable bonds is 6. The summed E-state index contributed by atoms with van der Waals surface area (Å²) in [5.41, 5.74) is 5.21. The summed E-state index contributed by atoms with van der Waals surface area (Å²) in [7, 11) is 1.60. The van der Waals surface area contributed by atoms with Gasteiger partial charge in [0.15, 0.2) is 6.61 Å². The summed E-state index contributed by atoms with van der Waals surface area (Å²) in [6.07, 6.45) is 1.55. The van der Waals surface area contributed by atoms with Gasteiger partial charge in [-0.15, -0.1) is 0 Å². The molecular weight excluding hydrogens is 452 g/mol. The van der Waals surface area contributed by atoms with E-state index in [1.807, 2.05) is 44.2 Å². The van der Waals surface area contributed by atoms with E-state index in [1.165, 1.54) is 0 Å². The van der Waals surface area contributed by atoms with E-state index in [4.69, 9.17) is 9.47 Å². The maximum absolute atomic E-state index is 11.9. The Bertz CT molecular complexity index is 784. The molecular formula is C18H18Br2N2O3. The number of halogens is 2. The second-order valence-electron chi connectivity index (χ2n) is 5.34. The molecule has 2 rings (SSSR count). The molecule has 1 N–H and O–H groups in total. The van der Waals surface area contributed by atoms with Crippen molar-refractivity contribution < 1.29 is 14.3 Å². The number of carbonyl (C=O) groups excluding carboxylic acids is 1. The predicted octanol–water partition coefficient (Wildman–Crippen LogP) is 4.37. The number of nitrogens with one attached hydrogen (secondary N) is 1. The zero-order chi connectivity index (χ0) is 18.4. The van der Waals surface area contributed by atoms with Crippen LogP contribution in [0.2, 0.25) is 0 Å². The summed E-state index contributed by atoms with van der Waals surface area (Å²) in [6, 6.07) is 9.39. The van der Waals surface area contributed by atoms with Crippen LogP contribution in [0.1, 0.15) is 16.7 Å². The van der Waals surface area contributed by atoms with Gasteiger partial charge in [-0.25, -0.2) is 5.43 Å². The van der Waals surface area contributed by atoms with Gasteiger partial charge in [-0.1, -0.05) is 15.9 Å². The van der Waals surface area contributed by atoms with Gasteiger partial charge >= 0.3 is 0 Å². The number of carbonyl (C=O) groups is 1. The second-order valence-corrected chi connectivity index (χ2v) is 7.11. The molecule has 0 aliphatic carbocycles. The van der Waals surface area contributed by atoms with Gasteiger partial charge in [0.2, 0.25) is 0 Å². The first-order chi connectivity index (χ1) is 11.9. The molecule has 1 amide bonds. The lowest BCUT2D eigenvalue weighted by Gasteiger charge is -2.11. The zero-order valence-electron chi connectivity index (χ0n) is 14.1. The zero-order valence-corrected chi connectivity index (χ0v) is 17.3. The molecule has 0 aliphatic rings. The van der Waals surface area contributed by atoms with Crippen molar-refractivity contribution in [2.75, 3.05) is 13.7 Å². The summed E-state index contributed by atoms with van der Waals surface area (Å²) in [4.78, 5) is 11.9. The lowest BCUT2D eigenvalue weighted by atomic mass is 10.1. The van der Waals surface area contributed by atoms with Gasteiger partial charge in [0.1, 0.15) is 11.5 Å². The first-order valence-corrected chi connectivity index (χ1v) is 9.04. The third kappa shape index (κ3) is 5.57. The third-order valence-electron chi connectivity index (χ3n) is 3.35. The fraction of sp³-hybridized carbons (Fsp3) is 0.222. The molecule has 0 heterocycles. The van der Waals surface area contributed by atoms with Crippen molar-refractivity contribution in [2.24, 2.45) is 5.10 Å². The number of methoxy groups -OCH3 is 1. The molecule has 0 atom stereocenters. The highest BCUT2D eigenvalue weighted by Gasteiger charge is 2.08. The monoisotopic (exact) mass is 468 g/mol. The SMILES string of the molecule is COc1ccc(/C=N/NC(=O)COc2c(C)cc(Br)cc2C)cc1Br. The van der Waals surface area contributed by atoms with Crippen LogP contribution in [0.4, 0.5) is 0 Å². The van der Waals surface area contributed by atoms with Crippen molar-refractivity contribution in [3.05, 3.63) is 56.0 Å². The third-order valence-corrected chi connectivity index (χ3v) is 4.43. The topological polar surface area (TPSA) is 59.9 Å². The second kappa shape index (κ2) is 9.01. The van der Waals surface area contributed by atoms with Gasteiger partial charge in [0.05, 0.1) is 17.8 Å². The Morgan fingerprint density at radius 2 is 1.88 bits per heavy atom. The molecule has 2 aromatic rings. The molecule has 0 aliphatic heterocycles. The highest BCUT2D eigenvalue weighted by molar-refractivity contribution is 9.10. The summed E-state index contributed by atoms with van der Waals surface area (Å²) < 4.78 is 12.6.